The van der Waals surface area contributed by atoms with Crippen LogP contribution in [0.2, 0.25) is 0 Å². The molecule has 0 bridgehead atoms. The van der Waals surface area contributed by atoms with Gasteiger partial charge in [-0.2, -0.15) is 0 Å². The number of allylic oxidation sites excluding steroid dienone is 2. The summed E-state index contributed by atoms with van der Waals surface area (Å²) >= 11 is 0. The molecular weight excluding hydrogens is 384 g/mol. The average molecular weight is 421 g/mol. The maximum absolute atomic E-state index is 12.5. The van der Waals surface area contributed by atoms with Gasteiger partial charge in [0.1, 0.15) is 12.2 Å². The highest BCUT2D eigenvalue weighted by atomic mass is 16.7. The van der Waals surface area contributed by atoms with Crippen LogP contribution in [0.3, 0.4) is 0 Å². The van der Waals surface area contributed by atoms with E-state index in [0.717, 1.165) is 45.2 Å². The van der Waals surface area contributed by atoms with Crippen molar-refractivity contribution in [2.24, 2.45) is 18.9 Å². The van der Waals surface area contributed by atoms with Crippen LogP contribution < -0.4 is 10.2 Å². The molecule has 168 valence electrons. The predicted octanol–water partition coefficient (Wildman–Crippen LogP) is 2.57. The summed E-state index contributed by atoms with van der Waals surface area (Å²) in [6, 6.07) is 0. The van der Waals surface area contributed by atoms with Crippen molar-refractivity contribution in [2.45, 2.75) is 39.0 Å². The van der Waals surface area contributed by atoms with Crippen molar-refractivity contribution in [3.63, 3.8) is 0 Å². The summed E-state index contributed by atoms with van der Waals surface area (Å²) in [6.07, 6.45) is 12.5. The van der Waals surface area contributed by atoms with E-state index in [2.05, 4.69) is 34.6 Å². The Kier molecular flexibility index (Phi) is 9.17. The van der Waals surface area contributed by atoms with E-state index in [1.807, 2.05) is 0 Å². The Balaban J connectivity index is 1.34. The van der Waals surface area contributed by atoms with Gasteiger partial charge in [-0.15, -0.1) is 5.10 Å². The van der Waals surface area contributed by atoms with Crippen molar-refractivity contribution in [1.29, 1.82) is 0 Å². The first kappa shape index (κ1) is 22.8. The lowest BCUT2D eigenvalue weighted by atomic mass is 9.83. The molecule has 1 saturated carbocycles. The fourth-order valence-electron chi connectivity index (χ4n) is 3.54. The number of hydrogen-bond donors (Lipinski definition) is 1. The second-order valence-corrected chi connectivity index (χ2v) is 8.41. The Morgan fingerprint density at radius 1 is 1.37 bits per heavy atom. The van der Waals surface area contributed by atoms with E-state index in [4.69, 9.17) is 14.3 Å². The van der Waals surface area contributed by atoms with E-state index >= 15 is 0 Å². The third kappa shape index (κ3) is 7.41. The number of nitrogens with zero attached hydrogens (tertiary/aromatic N) is 3. The zero-order valence-electron chi connectivity index (χ0n) is 18.3. The van der Waals surface area contributed by atoms with Crippen molar-refractivity contribution in [2.75, 3.05) is 46.1 Å². The lowest BCUT2D eigenvalue weighted by Gasteiger charge is -2.26. The number of amides is 1. The third-order valence-electron chi connectivity index (χ3n) is 5.72. The molecule has 2 fully saturated rings. The highest BCUT2D eigenvalue weighted by Crippen LogP contribution is 2.29. The third-order valence-corrected chi connectivity index (χ3v) is 5.72. The van der Waals surface area contributed by atoms with Crippen LogP contribution in [0.5, 0.6) is 5.88 Å². The molecule has 8 heteroatoms. The van der Waals surface area contributed by atoms with Crippen molar-refractivity contribution in [3.8, 4) is 5.88 Å². The molecule has 1 saturated heterocycles. The maximum Gasteiger partial charge on any atom is 0.281 e. The summed E-state index contributed by atoms with van der Waals surface area (Å²) in [5, 5.41) is 4.26. The fraction of sp³-hybridized carbons (Fsp3) is 0.727. The van der Waals surface area contributed by atoms with Crippen LogP contribution in [-0.2, 0) is 16.6 Å². The van der Waals surface area contributed by atoms with E-state index in [9.17, 15) is 4.79 Å². The molecule has 1 atom stereocenters. The van der Waals surface area contributed by atoms with Crippen LogP contribution >= 0.6 is 0 Å². The molecule has 1 aromatic rings. The van der Waals surface area contributed by atoms with Crippen LogP contribution in [0.25, 0.3) is 0 Å². The molecular formula is C22H36N4O4. The molecule has 0 spiro atoms. The van der Waals surface area contributed by atoms with E-state index in [1.165, 1.54) is 25.7 Å². The first-order valence-electron chi connectivity index (χ1n) is 11.2. The van der Waals surface area contributed by atoms with Gasteiger partial charge in [0.2, 0.25) is 5.88 Å². The SMILES string of the molecule is C[C@@H](C/C=C/CC1CCC1)CONC(=O)c1cn(C)nc1OCCN1CCOCC1. The van der Waals surface area contributed by atoms with Crippen molar-refractivity contribution in [1.82, 2.24) is 20.2 Å². The molecule has 0 unspecified atom stereocenters. The zero-order valence-corrected chi connectivity index (χ0v) is 18.3. The second kappa shape index (κ2) is 12.1. The van der Waals surface area contributed by atoms with E-state index < -0.39 is 0 Å². The largest absolute Gasteiger partial charge is 0.475 e. The molecule has 8 nitrogen and oxygen atoms in total. The first-order valence-corrected chi connectivity index (χ1v) is 11.2. The molecule has 30 heavy (non-hydrogen) atoms. The summed E-state index contributed by atoms with van der Waals surface area (Å²) in [4.78, 5) is 20.2. The van der Waals surface area contributed by atoms with Gasteiger partial charge in [-0.1, -0.05) is 38.3 Å². The number of hydroxylamine groups is 1. The van der Waals surface area contributed by atoms with Gasteiger partial charge in [0.05, 0.1) is 19.8 Å². The van der Waals surface area contributed by atoms with Gasteiger partial charge in [0.25, 0.3) is 5.91 Å². The fourth-order valence-corrected chi connectivity index (χ4v) is 3.54. The minimum Gasteiger partial charge on any atom is -0.475 e. The van der Waals surface area contributed by atoms with E-state index in [-0.39, 0.29) is 5.91 Å². The van der Waals surface area contributed by atoms with Crippen LogP contribution in [-0.4, -0.2) is 66.6 Å². The number of carbonyl (C=O) groups excluding carboxylic acids is 1. The molecule has 0 aromatic carbocycles. The molecule has 1 aliphatic heterocycles. The molecule has 1 N–H and O–H groups in total. The first-order chi connectivity index (χ1) is 14.6. The number of hydrogen-bond acceptors (Lipinski definition) is 6. The summed E-state index contributed by atoms with van der Waals surface area (Å²) in [7, 11) is 1.77. The summed E-state index contributed by atoms with van der Waals surface area (Å²) in [5.74, 6) is 1.23. The smallest absolute Gasteiger partial charge is 0.281 e. The lowest BCUT2D eigenvalue weighted by Crippen LogP contribution is -2.38. The standard InChI is InChI=1S/C22H36N4O4/c1-18(6-3-4-7-19-8-5-9-19)17-30-24-21(27)20-16-25(2)23-22(20)29-15-12-26-10-13-28-14-11-26/h3-4,16,18-19H,5-15,17H2,1-2H3,(H,24,27)/b4-3+/t18-/m0/s1. The van der Waals surface area contributed by atoms with Crippen LogP contribution in [0.4, 0.5) is 0 Å². The Bertz CT molecular complexity index is 681. The zero-order chi connectivity index (χ0) is 21.2. The minimum absolute atomic E-state index is 0.332. The molecule has 2 heterocycles. The van der Waals surface area contributed by atoms with Crippen LogP contribution in [0.1, 0.15) is 49.4 Å². The molecule has 3 rings (SSSR count). The van der Waals surface area contributed by atoms with Gasteiger partial charge < -0.3 is 9.47 Å². The van der Waals surface area contributed by atoms with Gasteiger partial charge >= 0.3 is 0 Å². The van der Waals surface area contributed by atoms with E-state index in [1.54, 1.807) is 17.9 Å². The minimum atomic E-state index is -0.336. The van der Waals surface area contributed by atoms with Crippen molar-refractivity contribution >= 4 is 5.91 Å². The van der Waals surface area contributed by atoms with Crippen molar-refractivity contribution in [3.05, 3.63) is 23.9 Å². The van der Waals surface area contributed by atoms with Crippen LogP contribution in [0, 0.1) is 11.8 Å². The number of nitrogens with one attached hydrogen (secondary N) is 1. The Labute approximate surface area is 179 Å². The number of carbonyl (C=O) groups is 1. The number of aryl methyl sites for hydroxylation is 1. The summed E-state index contributed by atoms with van der Waals surface area (Å²) in [6.45, 7) is 7.15. The average Bonchev–Trinajstić information content (AvgIpc) is 3.08. The number of rotatable bonds is 12. The maximum atomic E-state index is 12.5. The lowest BCUT2D eigenvalue weighted by molar-refractivity contribution is 0.0185. The predicted molar refractivity (Wildman–Crippen MR) is 114 cm³/mol. The van der Waals surface area contributed by atoms with Crippen LogP contribution in [0.15, 0.2) is 18.3 Å². The normalized spacial score (nSPS) is 19.0. The second-order valence-electron chi connectivity index (χ2n) is 8.41. The number of aromatic nitrogens is 2. The van der Waals surface area contributed by atoms with Gasteiger partial charge in [-0.05, 0) is 24.7 Å². The van der Waals surface area contributed by atoms with E-state index in [0.29, 0.717) is 30.6 Å². The highest BCUT2D eigenvalue weighted by Gasteiger charge is 2.19. The molecule has 2 aliphatic rings. The molecule has 1 amide bonds. The topological polar surface area (TPSA) is 77.8 Å². The highest BCUT2D eigenvalue weighted by molar-refractivity contribution is 5.95. The quantitative estimate of drug-likeness (QED) is 0.414. The van der Waals surface area contributed by atoms with Gasteiger partial charge in [0.15, 0.2) is 0 Å². The number of ether oxygens (including phenoxy) is 2. The number of morpholine rings is 1. The Morgan fingerprint density at radius 3 is 2.90 bits per heavy atom. The Hall–Kier alpha value is -1.90. The molecule has 1 aromatic heterocycles. The van der Waals surface area contributed by atoms with Gasteiger partial charge in [-0.3, -0.25) is 19.2 Å². The van der Waals surface area contributed by atoms with Gasteiger partial charge in [0, 0.05) is 32.9 Å². The van der Waals surface area contributed by atoms with Crippen molar-refractivity contribution < 1.29 is 19.1 Å². The summed E-state index contributed by atoms with van der Waals surface area (Å²) in [5.41, 5.74) is 2.91. The Morgan fingerprint density at radius 2 is 2.17 bits per heavy atom. The van der Waals surface area contributed by atoms with Gasteiger partial charge in [-0.25, -0.2) is 5.48 Å². The molecule has 1 aliphatic carbocycles. The molecule has 0 radical (unpaired) electrons. The monoisotopic (exact) mass is 420 g/mol. The summed E-state index contributed by atoms with van der Waals surface area (Å²) < 4.78 is 12.7.